The maximum absolute atomic E-state index is 12.2. The zero-order valence-corrected chi connectivity index (χ0v) is 16.8. The molecule has 5 aromatic rings. The average Bonchev–Trinajstić information content (AvgIpc) is 3.43. The number of para-hydroxylation sites is 2. The Morgan fingerprint density at radius 3 is 2.80 bits per heavy atom. The Kier molecular flexibility index (Phi) is 4.68. The molecule has 0 unspecified atom stereocenters. The molecule has 0 spiro atoms. The number of aryl methyl sites for hydroxylation is 1. The Morgan fingerprint density at radius 2 is 1.93 bits per heavy atom. The van der Waals surface area contributed by atoms with E-state index in [1.807, 2.05) is 59.9 Å². The van der Waals surface area contributed by atoms with Gasteiger partial charge in [0.1, 0.15) is 6.54 Å². The molecular weight excluding hydrogens is 402 g/mol. The molecule has 0 aliphatic rings. The molecule has 0 fully saturated rings. The summed E-state index contributed by atoms with van der Waals surface area (Å²) in [7, 11) is 0. The molecule has 0 radical (unpaired) electrons. The average molecular weight is 419 g/mol. The van der Waals surface area contributed by atoms with E-state index in [0.717, 1.165) is 28.0 Å². The van der Waals surface area contributed by atoms with Crippen molar-refractivity contribution in [2.45, 2.75) is 24.4 Å². The van der Waals surface area contributed by atoms with E-state index in [0.29, 0.717) is 16.8 Å². The normalized spacial score (nSPS) is 11.4. The molecule has 1 amide bonds. The van der Waals surface area contributed by atoms with Gasteiger partial charge in [-0.1, -0.05) is 51.9 Å². The van der Waals surface area contributed by atoms with Crippen LogP contribution in [0.25, 0.3) is 16.9 Å². The summed E-state index contributed by atoms with van der Waals surface area (Å²) in [5.41, 5.74) is 4.31. The number of carbonyl (C=O) groups is 1. The van der Waals surface area contributed by atoms with E-state index in [9.17, 15) is 4.79 Å². The van der Waals surface area contributed by atoms with Crippen LogP contribution >= 0.6 is 11.8 Å². The predicted molar refractivity (Wildman–Crippen MR) is 112 cm³/mol. The van der Waals surface area contributed by atoms with E-state index < -0.39 is 0 Å². The van der Waals surface area contributed by atoms with Gasteiger partial charge in [-0.05, 0) is 31.2 Å². The first-order valence-corrected chi connectivity index (χ1v) is 10.3. The highest BCUT2D eigenvalue weighted by Crippen LogP contribution is 2.26. The molecule has 0 aliphatic carbocycles. The second-order valence-corrected chi connectivity index (χ2v) is 7.72. The molecule has 3 aromatic heterocycles. The Bertz CT molecular complexity index is 1340. The van der Waals surface area contributed by atoms with Gasteiger partial charge in [-0.3, -0.25) is 4.79 Å². The minimum Gasteiger partial charge on any atom is -0.422 e. The highest BCUT2D eigenvalue weighted by molar-refractivity contribution is 7.98. The summed E-state index contributed by atoms with van der Waals surface area (Å²) in [6, 6.07) is 15.4. The van der Waals surface area contributed by atoms with Crippen molar-refractivity contribution in [3.63, 3.8) is 0 Å². The monoisotopic (exact) mass is 419 g/mol. The first-order valence-electron chi connectivity index (χ1n) is 9.27. The lowest BCUT2D eigenvalue weighted by Crippen LogP contribution is -2.19. The first kappa shape index (κ1) is 18.4. The second kappa shape index (κ2) is 7.64. The fourth-order valence-electron chi connectivity index (χ4n) is 3.05. The molecule has 0 aliphatic heterocycles. The molecule has 9 nitrogen and oxygen atoms in total. The summed E-state index contributed by atoms with van der Waals surface area (Å²) < 4.78 is 9.08. The van der Waals surface area contributed by atoms with E-state index in [1.54, 1.807) is 6.20 Å². The van der Waals surface area contributed by atoms with E-state index in [4.69, 9.17) is 4.42 Å². The van der Waals surface area contributed by atoms with Crippen molar-refractivity contribution < 1.29 is 9.21 Å². The lowest BCUT2D eigenvalue weighted by atomic mass is 10.2. The van der Waals surface area contributed by atoms with Gasteiger partial charge in [0.15, 0.2) is 10.7 Å². The van der Waals surface area contributed by atoms with Gasteiger partial charge in [-0.15, -0.1) is 10.2 Å². The molecule has 3 heterocycles. The first-order chi connectivity index (χ1) is 14.7. The predicted octanol–water partition coefficient (Wildman–Crippen LogP) is 3.31. The van der Waals surface area contributed by atoms with Gasteiger partial charge in [0.2, 0.25) is 5.91 Å². The Labute approximate surface area is 175 Å². The Morgan fingerprint density at radius 1 is 1.10 bits per heavy atom. The van der Waals surface area contributed by atoms with E-state index >= 15 is 0 Å². The molecule has 5 rings (SSSR count). The van der Waals surface area contributed by atoms with E-state index in [-0.39, 0.29) is 12.5 Å². The molecule has 10 heteroatoms. The summed E-state index contributed by atoms with van der Waals surface area (Å²) in [6.45, 7) is 2.09. The van der Waals surface area contributed by atoms with Crippen LogP contribution in [0.3, 0.4) is 0 Å². The number of aromatic nitrogens is 6. The minimum atomic E-state index is -0.160. The van der Waals surface area contributed by atoms with Crippen LogP contribution in [0, 0.1) is 6.92 Å². The van der Waals surface area contributed by atoms with Gasteiger partial charge in [-0.2, -0.15) is 0 Å². The maximum Gasteiger partial charge on any atom is 0.328 e. The van der Waals surface area contributed by atoms with Gasteiger partial charge in [-0.25, -0.2) is 9.08 Å². The SMILES string of the molecule is Cc1ccc(NC(=O)Cn2cc(CSc3nnc4oc5ccccc5n34)nn2)cc1. The highest BCUT2D eigenvalue weighted by Gasteiger charge is 2.15. The molecule has 2 aromatic carbocycles. The zero-order valence-electron chi connectivity index (χ0n) is 16.0. The van der Waals surface area contributed by atoms with Crippen LogP contribution in [0.4, 0.5) is 5.69 Å². The van der Waals surface area contributed by atoms with Crippen LogP contribution in [0.2, 0.25) is 0 Å². The lowest BCUT2D eigenvalue weighted by molar-refractivity contribution is -0.116. The van der Waals surface area contributed by atoms with Gasteiger partial charge < -0.3 is 9.73 Å². The maximum atomic E-state index is 12.2. The molecule has 0 atom stereocenters. The molecular formula is C20H17N7O2S. The van der Waals surface area contributed by atoms with Crippen molar-refractivity contribution in [1.29, 1.82) is 0 Å². The van der Waals surface area contributed by atoms with Crippen molar-refractivity contribution in [2.24, 2.45) is 0 Å². The topological polar surface area (TPSA) is 103 Å². The largest absolute Gasteiger partial charge is 0.422 e. The number of hydrogen-bond donors (Lipinski definition) is 1. The molecule has 1 N–H and O–H groups in total. The number of nitrogens with zero attached hydrogens (tertiary/aromatic N) is 6. The van der Waals surface area contributed by atoms with E-state index in [1.165, 1.54) is 16.4 Å². The van der Waals surface area contributed by atoms with Crippen molar-refractivity contribution in [3.05, 3.63) is 66.0 Å². The van der Waals surface area contributed by atoms with Gasteiger partial charge >= 0.3 is 5.84 Å². The highest BCUT2D eigenvalue weighted by atomic mass is 32.2. The standard InChI is InChI=1S/C20H17N7O2S/c1-13-6-8-14(9-7-13)21-18(28)11-26-10-15(22-25-26)12-30-20-24-23-19-27(20)16-4-2-3-5-17(16)29-19/h2-10H,11-12H2,1H3,(H,21,28). The summed E-state index contributed by atoms with van der Waals surface area (Å²) in [4.78, 5) is 12.2. The third-order valence-electron chi connectivity index (χ3n) is 4.49. The summed E-state index contributed by atoms with van der Waals surface area (Å²) >= 11 is 1.48. The number of anilines is 1. The summed E-state index contributed by atoms with van der Waals surface area (Å²) in [6.07, 6.45) is 1.76. The third kappa shape index (κ3) is 3.64. The van der Waals surface area contributed by atoms with Crippen LogP contribution in [0.5, 0.6) is 0 Å². The smallest absolute Gasteiger partial charge is 0.328 e. The van der Waals surface area contributed by atoms with Crippen molar-refractivity contribution >= 4 is 40.3 Å². The second-order valence-electron chi connectivity index (χ2n) is 6.78. The number of thioether (sulfide) groups is 1. The van der Waals surface area contributed by atoms with Crippen LogP contribution < -0.4 is 5.32 Å². The van der Waals surface area contributed by atoms with Crippen LogP contribution in [0.1, 0.15) is 11.3 Å². The number of fused-ring (bicyclic) bond motifs is 3. The minimum absolute atomic E-state index is 0.0904. The summed E-state index contributed by atoms with van der Waals surface area (Å²) in [5, 5.41) is 20.0. The molecule has 150 valence electrons. The van der Waals surface area contributed by atoms with Crippen LogP contribution in [-0.4, -0.2) is 35.5 Å². The number of benzene rings is 2. The Hall–Kier alpha value is -3.66. The lowest BCUT2D eigenvalue weighted by Gasteiger charge is -2.05. The van der Waals surface area contributed by atoms with Crippen molar-refractivity contribution in [3.8, 4) is 0 Å². The molecule has 0 bridgehead atoms. The number of rotatable bonds is 6. The molecule has 0 saturated carbocycles. The fraction of sp³-hybridized carbons (Fsp3) is 0.150. The van der Waals surface area contributed by atoms with E-state index in [2.05, 4.69) is 25.8 Å². The summed E-state index contributed by atoms with van der Waals surface area (Å²) in [5.74, 6) is 0.835. The van der Waals surface area contributed by atoms with Crippen molar-refractivity contribution in [2.75, 3.05) is 5.32 Å². The van der Waals surface area contributed by atoms with Gasteiger partial charge in [0, 0.05) is 17.6 Å². The number of carbonyl (C=O) groups excluding carboxylic acids is 1. The fourth-order valence-corrected chi connectivity index (χ4v) is 3.87. The Balaban J connectivity index is 1.24. The number of amides is 1. The van der Waals surface area contributed by atoms with Gasteiger partial charge in [0.05, 0.1) is 11.2 Å². The quantitative estimate of drug-likeness (QED) is 0.421. The number of nitrogens with one attached hydrogen (secondary N) is 1. The third-order valence-corrected chi connectivity index (χ3v) is 5.45. The van der Waals surface area contributed by atoms with Crippen LogP contribution in [0.15, 0.2) is 64.3 Å². The van der Waals surface area contributed by atoms with Crippen molar-refractivity contribution in [1.82, 2.24) is 29.6 Å². The molecule has 30 heavy (non-hydrogen) atoms. The van der Waals surface area contributed by atoms with Crippen LogP contribution in [-0.2, 0) is 17.1 Å². The number of hydrogen-bond acceptors (Lipinski definition) is 7. The number of oxazole rings is 1. The van der Waals surface area contributed by atoms with Gasteiger partial charge in [0.25, 0.3) is 0 Å². The molecule has 0 saturated heterocycles. The zero-order chi connectivity index (χ0) is 20.5.